The molecule has 3 aromatic rings. The molecule has 1 amide bonds. The van der Waals surface area contributed by atoms with Gasteiger partial charge in [0, 0.05) is 6.61 Å². The number of anilines is 6. The summed E-state index contributed by atoms with van der Waals surface area (Å²) >= 11 is 0. The number of hydrogen-bond donors (Lipinski definition) is 4. The van der Waals surface area contributed by atoms with E-state index < -0.39 is 11.4 Å². The van der Waals surface area contributed by atoms with Gasteiger partial charge in [0.1, 0.15) is 11.6 Å². The van der Waals surface area contributed by atoms with Gasteiger partial charge >= 0.3 is 0 Å². The number of hydrogen-bond acceptors (Lipinski definition) is 10. The number of carbonyl (C=O) groups excluding carboxylic acids is 1. The van der Waals surface area contributed by atoms with E-state index in [1.807, 2.05) is 12.1 Å². The molecule has 1 saturated heterocycles. The molecule has 0 saturated carbocycles. The molecule has 0 radical (unpaired) electrons. The van der Waals surface area contributed by atoms with Crippen molar-refractivity contribution in [2.24, 2.45) is 0 Å². The van der Waals surface area contributed by atoms with Crippen LogP contribution in [0.15, 0.2) is 36.7 Å². The zero-order valence-electron chi connectivity index (χ0n) is 20.1. The van der Waals surface area contributed by atoms with E-state index in [0.29, 0.717) is 11.4 Å². The van der Waals surface area contributed by atoms with E-state index in [4.69, 9.17) is 9.47 Å². The fraction of sp³-hybridized carbons (Fsp3) is 0.375. The second kappa shape index (κ2) is 9.53. The number of pyridine rings is 2. The van der Waals surface area contributed by atoms with E-state index in [9.17, 15) is 9.18 Å². The highest BCUT2D eigenvalue weighted by atomic mass is 19.1. The highest BCUT2D eigenvalue weighted by molar-refractivity contribution is 5.99. The Hall–Kier alpha value is -4.06. The molecule has 12 heteroatoms. The molecule has 0 bridgehead atoms. The molecule has 0 spiro atoms. The number of aromatic nitrogens is 4. The molecule has 0 aromatic carbocycles. The van der Waals surface area contributed by atoms with Crippen LogP contribution in [-0.4, -0.2) is 50.2 Å². The maximum Gasteiger partial charge on any atom is 0.269 e. The molecular weight excluding hydrogens is 467 g/mol. The van der Waals surface area contributed by atoms with Gasteiger partial charge in [-0.2, -0.15) is 4.98 Å². The Kier molecular flexibility index (Phi) is 6.27. The van der Waals surface area contributed by atoms with Gasteiger partial charge in [-0.3, -0.25) is 4.79 Å². The zero-order valence-corrected chi connectivity index (χ0v) is 20.1. The van der Waals surface area contributed by atoms with E-state index in [1.165, 1.54) is 0 Å². The lowest BCUT2D eigenvalue weighted by Crippen LogP contribution is -2.46. The van der Waals surface area contributed by atoms with Gasteiger partial charge < -0.3 is 30.7 Å². The third-order valence-electron chi connectivity index (χ3n) is 5.91. The van der Waals surface area contributed by atoms with Crippen molar-refractivity contribution in [2.75, 3.05) is 27.9 Å². The van der Waals surface area contributed by atoms with E-state index in [0.717, 1.165) is 31.5 Å². The maximum atomic E-state index is 14.4. The smallest absolute Gasteiger partial charge is 0.269 e. The number of halogens is 1. The molecule has 5 rings (SSSR count). The molecule has 36 heavy (non-hydrogen) atoms. The number of rotatable bonds is 7. The van der Waals surface area contributed by atoms with Crippen LogP contribution in [0, 0.1) is 5.82 Å². The lowest BCUT2D eigenvalue weighted by Gasteiger charge is -2.30. The molecular formula is C24H27FN8O3. The summed E-state index contributed by atoms with van der Waals surface area (Å²) in [7, 11) is 0. The average molecular weight is 495 g/mol. The number of fused-ring (bicyclic) bond motifs is 1. The van der Waals surface area contributed by atoms with E-state index >= 15 is 0 Å². The monoisotopic (exact) mass is 494 g/mol. The molecule has 11 nitrogen and oxygen atoms in total. The number of nitrogens with zero attached hydrogens (tertiary/aromatic N) is 4. The molecule has 4 N–H and O–H groups in total. The van der Waals surface area contributed by atoms with Crippen molar-refractivity contribution in [1.29, 1.82) is 0 Å². The highest BCUT2D eigenvalue weighted by Crippen LogP contribution is 2.33. The first-order valence-electron chi connectivity index (χ1n) is 11.7. The molecule has 0 aliphatic carbocycles. The average Bonchev–Trinajstić information content (AvgIpc) is 3.39. The first-order chi connectivity index (χ1) is 17.3. The number of nitrogens with one attached hydrogen (secondary N) is 4. The second-order valence-corrected chi connectivity index (χ2v) is 9.17. The van der Waals surface area contributed by atoms with Gasteiger partial charge in [0.2, 0.25) is 5.95 Å². The first-order valence-corrected chi connectivity index (χ1v) is 11.7. The SMILES string of the molecule is CC(Nc1ccc(Nc2ncc(F)c(Nc3ccc4c(n3)NC(=O)C(C)(C)O4)n2)cn1)[C@@H]1CCCO1. The van der Waals surface area contributed by atoms with Crippen molar-refractivity contribution >= 4 is 40.8 Å². The number of carbonyl (C=O) groups is 1. The Labute approximate surface area is 207 Å². The Bertz CT molecular complexity index is 1260. The standard InChI is InChI=1S/C24H27FN8O3/c1-13(16-5-4-10-35-16)28-18-8-6-14(11-26-18)29-23-27-12-15(25)20(33-23)30-19-9-7-17-21(31-19)32-22(34)24(2,3)36-17/h6-9,11-13,16H,4-5,10H2,1-3H3,(H,26,28)(H3,27,29,30,31,32,33,34)/t13?,16-/m0/s1. The van der Waals surface area contributed by atoms with Crippen molar-refractivity contribution in [2.45, 2.75) is 51.4 Å². The van der Waals surface area contributed by atoms with Crippen LogP contribution in [0.25, 0.3) is 0 Å². The summed E-state index contributed by atoms with van der Waals surface area (Å²) in [6.07, 6.45) is 4.99. The van der Waals surface area contributed by atoms with Crippen LogP contribution in [0.3, 0.4) is 0 Å². The molecule has 2 atom stereocenters. The molecule has 2 aliphatic rings. The quantitative estimate of drug-likeness (QED) is 0.382. The Morgan fingerprint density at radius 2 is 1.94 bits per heavy atom. The normalized spacial score (nSPS) is 19.0. The molecule has 188 valence electrons. The van der Waals surface area contributed by atoms with Gasteiger partial charge in [0.25, 0.3) is 5.91 Å². The Balaban J connectivity index is 1.25. The van der Waals surface area contributed by atoms with Crippen LogP contribution in [0.2, 0.25) is 0 Å². The van der Waals surface area contributed by atoms with Gasteiger partial charge in [-0.25, -0.2) is 19.3 Å². The fourth-order valence-corrected chi connectivity index (χ4v) is 3.91. The summed E-state index contributed by atoms with van der Waals surface area (Å²) in [5.41, 5.74) is -0.369. The number of amides is 1. The second-order valence-electron chi connectivity index (χ2n) is 9.17. The molecule has 3 aromatic heterocycles. The maximum absolute atomic E-state index is 14.4. The summed E-state index contributed by atoms with van der Waals surface area (Å²) in [5.74, 6) is 0.766. The lowest BCUT2D eigenvalue weighted by molar-refractivity contribution is -0.129. The minimum atomic E-state index is -1.01. The van der Waals surface area contributed by atoms with Gasteiger partial charge in [-0.15, -0.1) is 0 Å². The van der Waals surface area contributed by atoms with Crippen LogP contribution in [0.5, 0.6) is 5.75 Å². The fourth-order valence-electron chi connectivity index (χ4n) is 3.91. The van der Waals surface area contributed by atoms with E-state index in [1.54, 1.807) is 32.2 Å². The Morgan fingerprint density at radius 3 is 2.69 bits per heavy atom. The third kappa shape index (κ3) is 5.13. The minimum Gasteiger partial charge on any atom is -0.474 e. The molecule has 1 fully saturated rings. The summed E-state index contributed by atoms with van der Waals surface area (Å²) in [6, 6.07) is 7.06. The van der Waals surface area contributed by atoms with Gasteiger partial charge in [-0.1, -0.05) is 0 Å². The van der Waals surface area contributed by atoms with Crippen LogP contribution in [0.4, 0.5) is 39.3 Å². The third-order valence-corrected chi connectivity index (χ3v) is 5.91. The summed E-state index contributed by atoms with van der Waals surface area (Å²) in [5, 5.41) is 11.9. The van der Waals surface area contributed by atoms with Crippen molar-refractivity contribution in [3.05, 3.63) is 42.5 Å². The Morgan fingerprint density at radius 1 is 1.11 bits per heavy atom. The highest BCUT2D eigenvalue weighted by Gasteiger charge is 2.36. The summed E-state index contributed by atoms with van der Waals surface area (Å²) < 4.78 is 25.8. The largest absolute Gasteiger partial charge is 0.474 e. The van der Waals surface area contributed by atoms with Crippen molar-refractivity contribution in [3.8, 4) is 5.75 Å². The van der Waals surface area contributed by atoms with Crippen molar-refractivity contribution in [3.63, 3.8) is 0 Å². The van der Waals surface area contributed by atoms with E-state index in [2.05, 4.69) is 48.1 Å². The minimum absolute atomic E-state index is 0.0834. The summed E-state index contributed by atoms with van der Waals surface area (Å²) in [4.78, 5) is 29.1. The first kappa shape index (κ1) is 23.7. The van der Waals surface area contributed by atoms with Crippen LogP contribution < -0.4 is 26.0 Å². The summed E-state index contributed by atoms with van der Waals surface area (Å²) in [6.45, 7) is 6.19. The molecule has 1 unspecified atom stereocenters. The van der Waals surface area contributed by atoms with Crippen LogP contribution >= 0.6 is 0 Å². The van der Waals surface area contributed by atoms with Crippen molar-refractivity contribution < 1.29 is 18.7 Å². The van der Waals surface area contributed by atoms with Crippen LogP contribution in [0.1, 0.15) is 33.6 Å². The molecule has 5 heterocycles. The molecule has 2 aliphatic heterocycles. The number of ether oxygens (including phenoxy) is 2. The topological polar surface area (TPSA) is 135 Å². The van der Waals surface area contributed by atoms with E-state index in [-0.39, 0.29) is 41.5 Å². The zero-order chi connectivity index (χ0) is 25.3. The predicted molar refractivity (Wildman–Crippen MR) is 132 cm³/mol. The lowest BCUT2D eigenvalue weighted by atomic mass is 10.1. The van der Waals surface area contributed by atoms with Crippen molar-refractivity contribution in [1.82, 2.24) is 19.9 Å². The van der Waals surface area contributed by atoms with Gasteiger partial charge in [-0.05, 0) is 57.9 Å². The van der Waals surface area contributed by atoms with Crippen LogP contribution in [-0.2, 0) is 9.53 Å². The predicted octanol–water partition coefficient (Wildman–Crippen LogP) is 3.98. The van der Waals surface area contributed by atoms with Gasteiger partial charge in [0.05, 0.1) is 30.2 Å². The van der Waals surface area contributed by atoms with Gasteiger partial charge in [0.15, 0.2) is 28.8 Å².